The fourth-order valence-electron chi connectivity index (χ4n) is 1.53. The van der Waals surface area contributed by atoms with Crippen molar-refractivity contribution in [3.63, 3.8) is 0 Å². The molecule has 2 unspecified atom stereocenters. The molecule has 1 fully saturated rings. The molecule has 0 radical (unpaired) electrons. The Kier molecular flexibility index (Phi) is 3.06. The van der Waals surface area contributed by atoms with Crippen LogP contribution < -0.4 is 5.32 Å². The second-order valence-electron chi connectivity index (χ2n) is 3.71. The van der Waals surface area contributed by atoms with Gasteiger partial charge in [-0.1, -0.05) is 30.3 Å². The van der Waals surface area contributed by atoms with Crippen LogP contribution in [0.15, 0.2) is 30.3 Å². The number of carbonyl (C=O) groups is 1. The summed E-state index contributed by atoms with van der Waals surface area (Å²) in [7, 11) is 0. The molecule has 0 bridgehead atoms. The molecule has 2 rings (SSSR count). The zero-order valence-electron chi connectivity index (χ0n) is 8.70. The molecule has 6 heteroatoms. The zero-order valence-corrected chi connectivity index (χ0v) is 8.70. The van der Waals surface area contributed by atoms with Gasteiger partial charge in [-0.25, -0.2) is 0 Å². The van der Waals surface area contributed by atoms with Crippen LogP contribution in [0.25, 0.3) is 0 Å². The van der Waals surface area contributed by atoms with Crippen LogP contribution >= 0.6 is 0 Å². The number of halogens is 3. The summed E-state index contributed by atoms with van der Waals surface area (Å²) in [5.41, 5.74) is 0.902. The van der Waals surface area contributed by atoms with Crippen molar-refractivity contribution in [3.05, 3.63) is 35.9 Å². The molecule has 2 atom stereocenters. The Bertz CT molecular complexity index is 405. The number of nitrogens with one attached hydrogen (secondary N) is 1. The van der Waals surface area contributed by atoms with Gasteiger partial charge in [-0.3, -0.25) is 4.79 Å². The highest BCUT2D eigenvalue weighted by Crippen LogP contribution is 2.37. The predicted molar refractivity (Wildman–Crippen MR) is 53.1 cm³/mol. The SMILES string of the molecule is O=C(NCC1OC1c1ccccc1)C(F)(F)F. The molecule has 0 aromatic heterocycles. The van der Waals surface area contributed by atoms with Crippen LogP contribution in [0, 0.1) is 0 Å². The van der Waals surface area contributed by atoms with Crippen molar-refractivity contribution in [2.75, 3.05) is 6.54 Å². The molecule has 3 nitrogen and oxygen atoms in total. The molecule has 1 heterocycles. The Balaban J connectivity index is 1.80. The first-order valence-corrected chi connectivity index (χ1v) is 5.04. The molecule has 0 spiro atoms. The molecule has 1 aromatic rings. The Morgan fingerprint density at radius 2 is 1.94 bits per heavy atom. The standard InChI is InChI=1S/C11H10F3NO2/c12-11(13,14)10(16)15-6-8-9(17-8)7-4-2-1-3-5-7/h1-5,8-9H,6H2,(H,15,16). The van der Waals surface area contributed by atoms with E-state index in [-0.39, 0.29) is 18.8 Å². The molecule has 1 amide bonds. The van der Waals surface area contributed by atoms with E-state index in [0.29, 0.717) is 0 Å². The maximum absolute atomic E-state index is 11.9. The summed E-state index contributed by atoms with van der Waals surface area (Å²) in [5, 5.41) is 1.80. The number of hydrogen-bond donors (Lipinski definition) is 1. The van der Waals surface area contributed by atoms with E-state index in [9.17, 15) is 18.0 Å². The quantitative estimate of drug-likeness (QED) is 0.825. The monoisotopic (exact) mass is 245 g/mol. The first-order chi connectivity index (χ1) is 7.98. The van der Waals surface area contributed by atoms with Crippen LogP contribution in [0.4, 0.5) is 13.2 Å². The molecule has 1 aliphatic heterocycles. The number of epoxide rings is 1. The van der Waals surface area contributed by atoms with Crippen molar-refractivity contribution in [2.24, 2.45) is 0 Å². The number of carbonyl (C=O) groups excluding carboxylic acids is 1. The molecule has 92 valence electrons. The van der Waals surface area contributed by atoms with Crippen molar-refractivity contribution in [2.45, 2.75) is 18.4 Å². The number of alkyl halides is 3. The van der Waals surface area contributed by atoms with Crippen molar-refractivity contribution in [3.8, 4) is 0 Å². The second kappa shape index (κ2) is 4.37. The van der Waals surface area contributed by atoms with Crippen molar-refractivity contribution in [1.82, 2.24) is 5.32 Å². The summed E-state index contributed by atoms with van der Waals surface area (Å²) >= 11 is 0. The molecular weight excluding hydrogens is 235 g/mol. The average Bonchev–Trinajstić information content (AvgIpc) is 3.05. The van der Waals surface area contributed by atoms with Gasteiger partial charge in [0.05, 0.1) is 0 Å². The second-order valence-corrected chi connectivity index (χ2v) is 3.71. The maximum atomic E-state index is 11.9. The van der Waals surface area contributed by atoms with Crippen LogP contribution in [0.2, 0.25) is 0 Å². The average molecular weight is 245 g/mol. The Morgan fingerprint density at radius 3 is 2.53 bits per heavy atom. The number of benzene rings is 1. The topological polar surface area (TPSA) is 41.6 Å². The minimum Gasteiger partial charge on any atom is -0.363 e. The highest BCUT2D eigenvalue weighted by molar-refractivity contribution is 5.81. The third-order valence-corrected chi connectivity index (χ3v) is 2.43. The van der Waals surface area contributed by atoms with Gasteiger partial charge in [0.2, 0.25) is 0 Å². The van der Waals surface area contributed by atoms with E-state index in [0.717, 1.165) is 5.56 Å². The minimum absolute atomic E-state index is 0.127. The number of ether oxygens (including phenoxy) is 1. The predicted octanol–water partition coefficient (Wildman–Crippen LogP) is 1.80. The lowest BCUT2D eigenvalue weighted by molar-refractivity contribution is -0.173. The van der Waals surface area contributed by atoms with Gasteiger partial charge in [-0.05, 0) is 5.56 Å². The fourth-order valence-corrected chi connectivity index (χ4v) is 1.53. The third-order valence-electron chi connectivity index (χ3n) is 2.43. The minimum atomic E-state index is -4.84. The van der Waals surface area contributed by atoms with Crippen molar-refractivity contribution < 1.29 is 22.7 Å². The normalized spacial score (nSPS) is 23.2. The van der Waals surface area contributed by atoms with E-state index in [2.05, 4.69) is 0 Å². The Morgan fingerprint density at radius 1 is 1.29 bits per heavy atom. The fraction of sp³-hybridized carbons (Fsp3) is 0.364. The zero-order chi connectivity index (χ0) is 12.5. The van der Waals surface area contributed by atoms with Crippen molar-refractivity contribution in [1.29, 1.82) is 0 Å². The number of rotatable bonds is 3. The highest BCUT2D eigenvalue weighted by Gasteiger charge is 2.43. The Hall–Kier alpha value is -1.56. The van der Waals surface area contributed by atoms with Gasteiger partial charge in [-0.2, -0.15) is 13.2 Å². The summed E-state index contributed by atoms with van der Waals surface area (Å²) in [6.07, 6.45) is -5.43. The van der Waals surface area contributed by atoms with Gasteiger partial charge in [0.1, 0.15) is 12.2 Å². The molecular formula is C11H10F3NO2. The summed E-state index contributed by atoms with van der Waals surface area (Å²) in [6.45, 7) is -0.127. The van der Waals surface area contributed by atoms with Gasteiger partial charge in [0.25, 0.3) is 0 Å². The molecule has 1 aliphatic rings. The molecule has 0 aliphatic carbocycles. The maximum Gasteiger partial charge on any atom is 0.471 e. The largest absolute Gasteiger partial charge is 0.471 e. The van der Waals surface area contributed by atoms with Gasteiger partial charge in [0, 0.05) is 6.54 Å². The van der Waals surface area contributed by atoms with E-state index < -0.39 is 12.1 Å². The number of hydrogen-bond acceptors (Lipinski definition) is 2. The lowest BCUT2D eigenvalue weighted by Gasteiger charge is -2.05. The summed E-state index contributed by atoms with van der Waals surface area (Å²) in [5.74, 6) is -1.93. The molecule has 17 heavy (non-hydrogen) atoms. The summed E-state index contributed by atoms with van der Waals surface area (Å²) < 4.78 is 40.8. The Labute approximate surface area is 95.6 Å². The van der Waals surface area contributed by atoms with Crippen LogP contribution in [-0.2, 0) is 9.53 Å². The molecule has 0 saturated carbocycles. The third kappa shape index (κ3) is 2.97. The van der Waals surface area contributed by atoms with Crippen LogP contribution in [-0.4, -0.2) is 24.7 Å². The van der Waals surface area contributed by atoms with Crippen LogP contribution in [0.5, 0.6) is 0 Å². The van der Waals surface area contributed by atoms with E-state index in [4.69, 9.17) is 4.74 Å². The van der Waals surface area contributed by atoms with E-state index in [1.807, 2.05) is 30.3 Å². The summed E-state index contributed by atoms with van der Waals surface area (Å²) in [6, 6.07) is 9.14. The van der Waals surface area contributed by atoms with Crippen LogP contribution in [0.3, 0.4) is 0 Å². The summed E-state index contributed by atoms with van der Waals surface area (Å²) in [4.78, 5) is 10.5. The number of amides is 1. The van der Waals surface area contributed by atoms with E-state index >= 15 is 0 Å². The molecule has 1 saturated heterocycles. The van der Waals surface area contributed by atoms with Gasteiger partial charge < -0.3 is 10.1 Å². The molecule has 1 N–H and O–H groups in total. The van der Waals surface area contributed by atoms with E-state index in [1.165, 1.54) is 0 Å². The smallest absolute Gasteiger partial charge is 0.363 e. The van der Waals surface area contributed by atoms with Gasteiger partial charge in [-0.15, -0.1) is 0 Å². The lowest BCUT2D eigenvalue weighted by atomic mass is 10.1. The van der Waals surface area contributed by atoms with Gasteiger partial charge >= 0.3 is 12.1 Å². The molecule has 1 aromatic carbocycles. The first-order valence-electron chi connectivity index (χ1n) is 5.04. The highest BCUT2D eigenvalue weighted by atomic mass is 19.4. The van der Waals surface area contributed by atoms with E-state index in [1.54, 1.807) is 5.32 Å². The van der Waals surface area contributed by atoms with Gasteiger partial charge in [0.15, 0.2) is 0 Å². The van der Waals surface area contributed by atoms with Crippen LogP contribution in [0.1, 0.15) is 11.7 Å². The first kappa shape index (κ1) is 11.9. The lowest BCUT2D eigenvalue weighted by Crippen LogP contribution is -2.38. The van der Waals surface area contributed by atoms with Crippen molar-refractivity contribution >= 4 is 5.91 Å².